The van der Waals surface area contributed by atoms with E-state index in [1.807, 2.05) is 41.5 Å². The largest absolute Gasteiger partial charge is 0.504 e. The van der Waals surface area contributed by atoms with Gasteiger partial charge in [0.05, 0.1) is 0 Å². The van der Waals surface area contributed by atoms with Crippen LogP contribution in [0.4, 0.5) is 0 Å². The molecule has 0 saturated heterocycles. The van der Waals surface area contributed by atoms with Gasteiger partial charge in [-0.3, -0.25) is 0 Å². The van der Waals surface area contributed by atoms with Gasteiger partial charge in [-0.15, -0.1) is 0 Å². The molecule has 15 aromatic carbocycles. The zero-order valence-corrected chi connectivity index (χ0v) is 71.9. The van der Waals surface area contributed by atoms with Crippen molar-refractivity contribution < 1.29 is 163 Å². The summed E-state index contributed by atoms with van der Waals surface area (Å²) in [7, 11) is 0. The molecule has 0 aromatic heterocycles. The van der Waals surface area contributed by atoms with Crippen molar-refractivity contribution in [2.75, 3.05) is 0 Å². The summed E-state index contributed by atoms with van der Waals surface area (Å²) in [6.07, 6.45) is 0. The second-order valence-electron chi connectivity index (χ2n) is 29.6. The lowest BCUT2D eigenvalue weighted by molar-refractivity contribution is 0.360. The molecule has 0 aliphatic carbocycles. The van der Waals surface area contributed by atoms with Crippen molar-refractivity contribution in [1.82, 2.24) is 0 Å². The normalized spacial score (nSPS) is 10.9. The highest BCUT2D eigenvalue weighted by Crippen LogP contribution is 2.56. The predicted molar refractivity (Wildman–Crippen MR) is 490 cm³/mol. The Labute approximate surface area is 763 Å². The SMILES string of the molecule is CC.CC.CC.Oc1cc(C(c2ccc(C(c3cc(O)c(O)c(O)c3)c3cc(O)c(O)c(O)c3)cc2)c2cc(O)c(O)c(O)c2)cc(O)c1O.Oc1ccc(C(c2ccc(C(c3ccc(O)c(O)c3O)c3ccc(O)c(O)c3O)cc2)c2ccc(O)c(O)c2O)c(O)c1O.Oc1cccc(C(c2ccc(C(c3cccc(O)c3O)c3cccc(O)c3O)cc2)c2cccc(O)c2O)c1O. The van der Waals surface area contributed by atoms with Gasteiger partial charge in [0.1, 0.15) is 0 Å². The molecule has 0 fully saturated rings. The van der Waals surface area contributed by atoms with Gasteiger partial charge >= 0.3 is 0 Å². The molecule has 0 radical (unpaired) electrons. The Bertz CT molecular complexity index is 5950. The van der Waals surface area contributed by atoms with Crippen LogP contribution in [0.1, 0.15) is 177 Å². The van der Waals surface area contributed by atoms with Gasteiger partial charge in [0.2, 0.25) is 23.0 Å². The van der Waals surface area contributed by atoms with Crippen molar-refractivity contribution in [1.29, 1.82) is 0 Å². The molecule has 134 heavy (non-hydrogen) atoms. The van der Waals surface area contributed by atoms with E-state index in [0.717, 1.165) is 24.3 Å². The Kier molecular flexibility index (Phi) is 30.3. The van der Waals surface area contributed by atoms with Gasteiger partial charge in [-0.05, 0) is 153 Å². The smallest absolute Gasteiger partial charge is 0.200 e. The zero-order valence-electron chi connectivity index (χ0n) is 71.9. The van der Waals surface area contributed by atoms with Gasteiger partial charge in [-0.2, -0.15) is 0 Å². The van der Waals surface area contributed by atoms with Crippen molar-refractivity contribution in [3.05, 3.63) is 343 Å². The second kappa shape index (κ2) is 41.3. The third-order valence-corrected chi connectivity index (χ3v) is 21.8. The van der Waals surface area contributed by atoms with E-state index in [1.54, 1.807) is 97.1 Å². The maximum absolute atomic E-state index is 10.7. The molecule has 0 unspecified atom stereocenters. The van der Waals surface area contributed by atoms with Gasteiger partial charge < -0.3 is 163 Å². The van der Waals surface area contributed by atoms with E-state index < -0.39 is 173 Å². The first-order valence-corrected chi connectivity index (χ1v) is 41.1. The molecule has 0 aliphatic rings. The summed E-state index contributed by atoms with van der Waals surface area (Å²) in [6.45, 7) is 12.0. The molecule has 0 aliphatic heterocycles. The molecule has 15 aromatic rings. The summed E-state index contributed by atoms with van der Waals surface area (Å²) < 4.78 is 0. The van der Waals surface area contributed by atoms with Gasteiger partial charge in [-0.1, -0.05) is 187 Å². The molecule has 32 nitrogen and oxygen atoms in total. The quantitative estimate of drug-likeness (QED) is 0.0280. The molecule has 0 spiro atoms. The Morgan fingerprint density at radius 3 is 0.403 bits per heavy atom. The highest BCUT2D eigenvalue weighted by atomic mass is 16.4. The first-order chi connectivity index (χ1) is 63.8. The number of phenols is 32. The molecular formula is C102H96O32. The van der Waals surface area contributed by atoms with Crippen molar-refractivity contribution in [3.8, 4) is 184 Å². The molecule has 0 heterocycles. The Balaban J connectivity index is 0.000000202. The van der Waals surface area contributed by atoms with Crippen molar-refractivity contribution in [3.63, 3.8) is 0 Å². The standard InChI is InChI=1S/2C32H26O12.C32H26O8.3C2H6/c33-19-5-15(6-20(34)29(19)41)27(16-7-21(35)30(42)22(36)8-16)13-1-2-14(4-3-13)28(17-9-23(37)31(43)24(38)10-17)18-11-25(39)32(44)26(40)12-18;33-19-9-5-15(25(37)29(19)41)23(16-6-10-20(34)30(42)26(16)38)13-1-2-14(4-3-13)24(17-7-11-21(35)31(43)27(17)39)18-8-12-22(36)32(44)28(18)40;33-23-9-1-5-19(29(23)37)27(20-6-2-10-24(34)30(20)38)17-13-15-18(16-14-17)28(21-7-3-11-25(35)31(21)39)22-8-4-12-26(36)32(22)40;3*1-2/h1-12,27-28,33-44H;1-12,23-24,33-44H;1-16,27-28,33-40H;3*1-2H3. The summed E-state index contributed by atoms with van der Waals surface area (Å²) >= 11 is 0. The summed E-state index contributed by atoms with van der Waals surface area (Å²) in [4.78, 5) is 0. The van der Waals surface area contributed by atoms with Gasteiger partial charge in [0.15, 0.2) is 161 Å². The lowest BCUT2D eigenvalue weighted by Gasteiger charge is -2.24. The number of hydrogen-bond donors (Lipinski definition) is 32. The van der Waals surface area contributed by atoms with Crippen LogP contribution < -0.4 is 0 Å². The summed E-state index contributed by atoms with van der Waals surface area (Å²) in [5, 5.41) is 328. The Morgan fingerprint density at radius 1 is 0.112 bits per heavy atom. The van der Waals surface area contributed by atoms with Crippen molar-refractivity contribution in [2.24, 2.45) is 0 Å². The van der Waals surface area contributed by atoms with Crippen LogP contribution in [-0.4, -0.2) is 163 Å². The number of aromatic hydroxyl groups is 32. The molecule has 696 valence electrons. The molecular weight excluding hydrogens is 1740 g/mol. The van der Waals surface area contributed by atoms with Gasteiger partial charge in [-0.25, -0.2) is 0 Å². The molecule has 32 heteroatoms. The fraction of sp³-hybridized carbons (Fsp3) is 0.118. The van der Waals surface area contributed by atoms with Crippen LogP contribution in [0.3, 0.4) is 0 Å². The van der Waals surface area contributed by atoms with Crippen LogP contribution in [0.5, 0.6) is 184 Å². The highest BCUT2D eigenvalue weighted by Gasteiger charge is 2.35. The molecule has 0 amide bonds. The summed E-state index contributed by atoms with van der Waals surface area (Å²) in [5.74, 6) is -25.5. The number of para-hydroxylation sites is 4. The lowest BCUT2D eigenvalue weighted by atomic mass is 9.80. The van der Waals surface area contributed by atoms with Crippen molar-refractivity contribution >= 4 is 0 Å². The summed E-state index contributed by atoms with van der Waals surface area (Å²) in [5.41, 5.74) is 4.68. The fourth-order valence-electron chi connectivity index (χ4n) is 15.5. The van der Waals surface area contributed by atoms with Crippen LogP contribution in [0.25, 0.3) is 0 Å². The lowest BCUT2D eigenvalue weighted by Crippen LogP contribution is -2.07. The third-order valence-electron chi connectivity index (χ3n) is 21.8. The molecule has 15 rings (SSSR count). The Hall–Kier alpha value is -18.1. The predicted octanol–water partition coefficient (Wildman–Crippen LogP) is 17.8. The average molecular weight is 1830 g/mol. The number of rotatable bonds is 18. The van der Waals surface area contributed by atoms with Crippen LogP contribution >= 0.6 is 0 Å². The third kappa shape index (κ3) is 19.6. The van der Waals surface area contributed by atoms with E-state index in [1.165, 1.54) is 121 Å². The fourth-order valence-corrected chi connectivity index (χ4v) is 15.5. The van der Waals surface area contributed by atoms with E-state index in [2.05, 4.69) is 0 Å². The van der Waals surface area contributed by atoms with Crippen LogP contribution in [0.2, 0.25) is 0 Å². The zero-order chi connectivity index (χ0) is 98.6. The van der Waals surface area contributed by atoms with E-state index in [9.17, 15) is 163 Å². The van der Waals surface area contributed by atoms with E-state index in [4.69, 9.17) is 0 Å². The van der Waals surface area contributed by atoms with E-state index in [-0.39, 0.29) is 113 Å². The van der Waals surface area contributed by atoms with Gasteiger partial charge in [0, 0.05) is 80.0 Å². The minimum Gasteiger partial charge on any atom is -0.504 e. The monoisotopic (exact) mass is 1830 g/mol. The van der Waals surface area contributed by atoms with E-state index >= 15 is 0 Å². The maximum atomic E-state index is 10.7. The minimum atomic E-state index is -1.11. The molecule has 0 atom stereocenters. The number of phenolic OH excluding ortho intramolecular Hbond substituents is 32. The van der Waals surface area contributed by atoms with E-state index in [0.29, 0.717) is 33.4 Å². The van der Waals surface area contributed by atoms with Crippen molar-refractivity contribution in [2.45, 2.75) is 77.0 Å². The molecule has 0 bridgehead atoms. The average Bonchev–Trinajstić information content (AvgIpc) is 0.767. The first kappa shape index (κ1) is 98.1. The first-order valence-electron chi connectivity index (χ1n) is 41.1. The second-order valence-corrected chi connectivity index (χ2v) is 29.6. The maximum Gasteiger partial charge on any atom is 0.200 e. The minimum absolute atomic E-state index is 0.00723. The summed E-state index contributed by atoms with van der Waals surface area (Å²) in [6, 6.07) is 56.0. The van der Waals surface area contributed by atoms with Crippen LogP contribution in [0.15, 0.2) is 243 Å². The molecule has 32 N–H and O–H groups in total. The van der Waals surface area contributed by atoms with Gasteiger partial charge in [0.25, 0.3) is 0 Å². The number of hydrogen-bond acceptors (Lipinski definition) is 32. The van der Waals surface area contributed by atoms with Crippen LogP contribution in [0, 0.1) is 0 Å². The highest BCUT2D eigenvalue weighted by molar-refractivity contribution is 5.70. The Morgan fingerprint density at radius 2 is 0.246 bits per heavy atom. The van der Waals surface area contributed by atoms with Crippen LogP contribution in [-0.2, 0) is 0 Å². The molecule has 0 saturated carbocycles. The topological polar surface area (TPSA) is 647 Å². The number of benzene rings is 15.